The number of aromatic nitrogens is 2. The van der Waals surface area contributed by atoms with Crippen LogP contribution in [-0.2, 0) is 0 Å². The number of rotatable bonds is 7. The Morgan fingerprint density at radius 1 is 0.382 bits per heavy atom. The second-order valence-electron chi connectivity index (χ2n) is 19.3. The van der Waals surface area contributed by atoms with Crippen molar-refractivity contribution < 1.29 is 0 Å². The molecule has 0 fully saturated rings. The van der Waals surface area contributed by atoms with E-state index >= 15 is 0 Å². The molecule has 0 bridgehead atoms. The van der Waals surface area contributed by atoms with Crippen LogP contribution < -0.4 is 0 Å². The van der Waals surface area contributed by atoms with E-state index in [4.69, 9.17) is 9.98 Å². The van der Waals surface area contributed by atoms with Crippen LogP contribution in [0.15, 0.2) is 259 Å². The van der Waals surface area contributed by atoms with Crippen molar-refractivity contribution in [3.63, 3.8) is 0 Å². The van der Waals surface area contributed by atoms with E-state index in [0.29, 0.717) is 11.4 Å². The molecule has 15 aromatic rings. The maximum absolute atomic E-state index is 10.1. The zero-order valence-corrected chi connectivity index (χ0v) is 42.5. The van der Waals surface area contributed by atoms with Crippen molar-refractivity contribution in [3.8, 4) is 33.6 Å². The van der Waals surface area contributed by atoms with Gasteiger partial charge < -0.3 is 9.13 Å². The van der Waals surface area contributed by atoms with Gasteiger partial charge in [0.05, 0.1) is 27.8 Å². The Balaban J connectivity index is 0.960. The molecule has 0 saturated heterocycles. The predicted octanol–water partition coefficient (Wildman–Crippen LogP) is 18.8. The minimum Gasteiger partial charge on any atom is -0.309 e. The molecule has 0 aliphatic heterocycles. The van der Waals surface area contributed by atoms with Gasteiger partial charge in [0.2, 0.25) is 0 Å². The third-order valence-electron chi connectivity index (χ3n) is 14.9. The highest BCUT2D eigenvalue weighted by molar-refractivity contribution is 7.26. The Hall–Kier alpha value is -9.53. The molecule has 5 nitrogen and oxygen atoms in total. The monoisotopic (exact) mass is 1010 g/mol. The van der Waals surface area contributed by atoms with Gasteiger partial charge in [0, 0.05) is 96.0 Å². The molecule has 15 rings (SSSR count). The Labute approximate surface area is 445 Å². The fourth-order valence-electron chi connectivity index (χ4n) is 11.5. The highest BCUT2D eigenvalue weighted by Crippen LogP contribution is 2.46. The molecule has 4 aromatic heterocycles. The van der Waals surface area contributed by atoms with E-state index in [-0.39, 0.29) is 5.84 Å². The average molecular weight is 1010 g/mol. The smallest absolute Gasteiger partial charge is 0.161 e. The molecule has 0 atom stereocenters. The van der Waals surface area contributed by atoms with E-state index in [1.165, 1.54) is 57.2 Å². The van der Waals surface area contributed by atoms with Gasteiger partial charge in [-0.25, -0.2) is 9.98 Å². The van der Waals surface area contributed by atoms with Crippen LogP contribution in [0.2, 0.25) is 0 Å². The first-order chi connectivity index (χ1) is 37.6. The molecule has 0 amide bonds. The van der Waals surface area contributed by atoms with Gasteiger partial charge in [-0.2, -0.15) is 0 Å². The number of aliphatic imine (C=N–C) groups is 2. The molecule has 0 aliphatic rings. The van der Waals surface area contributed by atoms with Crippen molar-refractivity contribution in [2.75, 3.05) is 0 Å². The van der Waals surface area contributed by atoms with Crippen molar-refractivity contribution in [2.45, 2.75) is 0 Å². The molecule has 1 N–H and O–H groups in total. The van der Waals surface area contributed by atoms with E-state index in [1.54, 1.807) is 22.7 Å². The largest absolute Gasteiger partial charge is 0.309 e. The highest BCUT2D eigenvalue weighted by Gasteiger charge is 2.25. The minimum atomic E-state index is 0.113. The molecule has 0 radical (unpaired) electrons. The second-order valence-corrected chi connectivity index (χ2v) is 21.4. The summed E-state index contributed by atoms with van der Waals surface area (Å²) in [4.78, 5) is 10.4. The number of nitrogens with zero attached hydrogens (tertiary/aromatic N) is 4. The molecule has 0 unspecified atom stereocenters. The highest BCUT2D eigenvalue weighted by atomic mass is 32.1. The van der Waals surface area contributed by atoms with Crippen LogP contribution in [0, 0.1) is 5.41 Å². The van der Waals surface area contributed by atoms with E-state index in [2.05, 4.69) is 258 Å². The first-order valence-electron chi connectivity index (χ1n) is 25.5. The summed E-state index contributed by atoms with van der Waals surface area (Å²) in [5, 5.41) is 19.8. The lowest BCUT2D eigenvalue weighted by Crippen LogP contribution is -2.07. The van der Waals surface area contributed by atoms with Gasteiger partial charge in [-0.3, -0.25) is 5.41 Å². The number of amidine groups is 2. The lowest BCUT2D eigenvalue weighted by Gasteiger charge is -2.21. The zero-order chi connectivity index (χ0) is 50.3. The van der Waals surface area contributed by atoms with Gasteiger partial charge in [0.1, 0.15) is 0 Å². The molecule has 76 heavy (non-hydrogen) atoms. The number of para-hydroxylation sites is 3. The minimum absolute atomic E-state index is 0.113. The average Bonchev–Trinajstić information content (AvgIpc) is 4.40. The molecule has 0 spiro atoms. The number of fused-ring (bicyclic) bond motifs is 13. The van der Waals surface area contributed by atoms with E-state index < -0.39 is 0 Å². The zero-order valence-electron chi connectivity index (χ0n) is 40.9. The Kier molecular flexibility index (Phi) is 10.3. The van der Waals surface area contributed by atoms with Gasteiger partial charge in [0.25, 0.3) is 0 Å². The number of hydrogen-bond donors (Lipinski definition) is 1. The van der Waals surface area contributed by atoms with Gasteiger partial charge in [0.15, 0.2) is 11.7 Å². The van der Waals surface area contributed by atoms with Crippen molar-refractivity contribution in [3.05, 3.63) is 265 Å². The molecule has 0 saturated carbocycles. The van der Waals surface area contributed by atoms with Crippen LogP contribution in [0.3, 0.4) is 0 Å². The number of thiophene rings is 2. The van der Waals surface area contributed by atoms with Crippen molar-refractivity contribution in [2.24, 2.45) is 9.98 Å². The van der Waals surface area contributed by atoms with Gasteiger partial charge in [-0.1, -0.05) is 176 Å². The topological polar surface area (TPSA) is 58.4 Å². The molecular weight excluding hydrogens is 963 g/mol. The number of benzene rings is 11. The second kappa shape index (κ2) is 17.8. The van der Waals surface area contributed by atoms with Crippen LogP contribution in [0.5, 0.6) is 0 Å². The summed E-state index contributed by atoms with van der Waals surface area (Å²) in [7, 11) is 0. The summed E-state index contributed by atoms with van der Waals surface area (Å²) in [6.07, 6.45) is 1.90. The lowest BCUT2D eigenvalue weighted by atomic mass is 9.92. The molecule has 4 heterocycles. The fraction of sp³-hybridized carbons (Fsp3) is 0. The van der Waals surface area contributed by atoms with Crippen molar-refractivity contribution in [1.29, 1.82) is 5.41 Å². The SMILES string of the molecule is N=C(/N=C(\N=C\c1ccc2c(c1)sc1ccccc12)c1ccc2c(c1)sc1ccccc12)c1cc(-c2ccccc2)c(-n2c3ccccc3c3c4c5ccccc5n(-c5ccccc5)c4ccc32)c(-c2ccccc2)c1. The summed E-state index contributed by atoms with van der Waals surface area (Å²) >= 11 is 3.56. The molecule has 7 heteroatoms. The fourth-order valence-corrected chi connectivity index (χ4v) is 13.8. The van der Waals surface area contributed by atoms with E-state index in [0.717, 1.165) is 71.5 Å². The molecule has 0 aliphatic carbocycles. The normalized spacial score (nSPS) is 12.3. The summed E-state index contributed by atoms with van der Waals surface area (Å²) in [5.41, 5.74) is 13.2. The van der Waals surface area contributed by atoms with E-state index in [1.807, 2.05) is 6.21 Å². The third kappa shape index (κ3) is 7.16. The Bertz CT molecular complexity index is 4820. The number of nitrogens with one attached hydrogen (secondary N) is 1. The van der Waals surface area contributed by atoms with Crippen LogP contribution in [0.1, 0.15) is 16.7 Å². The van der Waals surface area contributed by atoms with Gasteiger partial charge >= 0.3 is 0 Å². The molecular formula is C69H43N5S2. The first kappa shape index (κ1) is 44.0. The summed E-state index contributed by atoms with van der Waals surface area (Å²) in [5.74, 6) is 0.579. The van der Waals surface area contributed by atoms with Crippen molar-refractivity contribution in [1.82, 2.24) is 9.13 Å². The van der Waals surface area contributed by atoms with Crippen LogP contribution in [0.25, 0.3) is 118 Å². The van der Waals surface area contributed by atoms with Gasteiger partial charge in [-0.15, -0.1) is 22.7 Å². The Morgan fingerprint density at radius 3 is 1.46 bits per heavy atom. The maximum Gasteiger partial charge on any atom is 0.161 e. The molecule has 356 valence electrons. The standard InChI is InChI=1S/C69H43N5S2/c70-68(72-69(46-33-35-52-50-25-13-17-31-62(50)76-64(52)41-46)71-42-43-32-34-51-49-24-12-16-30-61(49)75-63(51)38-43)47-39-55(44-18-4-1-5-19-44)67(56(40-47)45-20-6-2-7-21-45)74-58-29-15-11-27-54(58)66-60(74)37-36-59-65(66)53-26-10-14-28-57(53)73(59)48-22-8-3-9-23-48/h1-42,70H/b70-68?,71-42+,72-69-. The van der Waals surface area contributed by atoms with Crippen LogP contribution in [-0.4, -0.2) is 27.0 Å². The molecule has 11 aromatic carbocycles. The Morgan fingerprint density at radius 2 is 0.855 bits per heavy atom. The predicted molar refractivity (Wildman–Crippen MR) is 326 cm³/mol. The first-order valence-corrected chi connectivity index (χ1v) is 27.1. The summed E-state index contributed by atoms with van der Waals surface area (Å²) < 4.78 is 9.70. The van der Waals surface area contributed by atoms with E-state index in [9.17, 15) is 5.41 Å². The maximum atomic E-state index is 10.1. The van der Waals surface area contributed by atoms with Crippen LogP contribution >= 0.6 is 22.7 Å². The summed E-state index contributed by atoms with van der Waals surface area (Å²) in [6.45, 7) is 0. The van der Waals surface area contributed by atoms with Crippen LogP contribution in [0.4, 0.5) is 0 Å². The number of hydrogen-bond acceptors (Lipinski definition) is 3. The quantitative estimate of drug-likeness (QED) is 0.122. The van der Waals surface area contributed by atoms with Gasteiger partial charge in [-0.05, 0) is 89.5 Å². The van der Waals surface area contributed by atoms with Crippen molar-refractivity contribution >= 4 is 125 Å². The third-order valence-corrected chi connectivity index (χ3v) is 17.1. The lowest BCUT2D eigenvalue weighted by molar-refractivity contribution is 1.17. The summed E-state index contributed by atoms with van der Waals surface area (Å²) in [6, 6.07) is 88.5.